The highest BCUT2D eigenvalue weighted by atomic mass is 16.1. The van der Waals surface area contributed by atoms with E-state index < -0.39 is 0 Å². The molecule has 0 unspecified atom stereocenters. The van der Waals surface area contributed by atoms with Gasteiger partial charge in [0.25, 0.3) is 0 Å². The first-order valence-corrected chi connectivity index (χ1v) is 4.32. The summed E-state index contributed by atoms with van der Waals surface area (Å²) in [6.07, 6.45) is 2.50. The molecule has 0 spiro atoms. The average molecular weight is 173 g/mol. The monoisotopic (exact) mass is 173 g/mol. The van der Waals surface area contributed by atoms with E-state index in [0.29, 0.717) is 0 Å². The average Bonchev–Trinajstić information content (AvgIpc) is 2.44. The lowest BCUT2D eigenvalue weighted by Gasteiger charge is -1.97. The van der Waals surface area contributed by atoms with Gasteiger partial charge in [0.2, 0.25) is 0 Å². The number of para-hydroxylation sites is 1. The first-order chi connectivity index (χ1) is 6.25. The number of ketones is 1. The number of carbonyl (C=O) groups is 1. The van der Waals surface area contributed by atoms with Crippen LogP contribution in [0.1, 0.15) is 12.5 Å². The lowest BCUT2D eigenvalue weighted by molar-refractivity contribution is -0.112. The van der Waals surface area contributed by atoms with Crippen LogP contribution in [0.5, 0.6) is 0 Å². The molecule has 13 heavy (non-hydrogen) atoms. The summed E-state index contributed by atoms with van der Waals surface area (Å²) >= 11 is 0. The maximum absolute atomic E-state index is 10.8. The van der Waals surface area contributed by atoms with Gasteiger partial charge in [-0.05, 0) is 18.6 Å². The van der Waals surface area contributed by atoms with Crippen molar-refractivity contribution in [1.29, 1.82) is 0 Å². The second-order valence-electron chi connectivity index (χ2n) is 3.24. The quantitative estimate of drug-likeness (QED) is 0.659. The summed E-state index contributed by atoms with van der Waals surface area (Å²) in [5.41, 5.74) is 3.37. The summed E-state index contributed by atoms with van der Waals surface area (Å²) in [7, 11) is 0. The summed E-state index contributed by atoms with van der Waals surface area (Å²) in [5.74, 6) is 0.0929. The van der Waals surface area contributed by atoms with Gasteiger partial charge in [-0.25, -0.2) is 0 Å². The minimum atomic E-state index is 0.0929. The molecule has 66 valence electrons. The van der Waals surface area contributed by atoms with Crippen molar-refractivity contribution in [2.24, 2.45) is 0 Å². The summed E-state index contributed by atoms with van der Waals surface area (Å²) in [6.45, 7) is 1.57. The highest BCUT2D eigenvalue weighted by Crippen LogP contribution is 2.26. The fourth-order valence-electron chi connectivity index (χ4n) is 1.55. The highest BCUT2D eigenvalue weighted by Gasteiger charge is 2.13. The molecule has 1 heterocycles. The van der Waals surface area contributed by atoms with E-state index in [1.807, 2.05) is 18.2 Å². The van der Waals surface area contributed by atoms with Crippen LogP contribution in [0.25, 0.3) is 0 Å². The Bertz CT molecular complexity index is 352. The minimum Gasteiger partial charge on any atom is -0.358 e. The van der Waals surface area contributed by atoms with Gasteiger partial charge in [0.1, 0.15) is 0 Å². The Morgan fingerprint density at radius 3 is 2.92 bits per heavy atom. The standard InChI is InChI=1S/C11H11NO/c1-8(13)6-10-7-9-4-2-3-5-11(9)12-10/h2-6,12H,7H2,1H3. The van der Waals surface area contributed by atoms with Gasteiger partial charge in [0.05, 0.1) is 0 Å². The van der Waals surface area contributed by atoms with Crippen LogP contribution in [-0.2, 0) is 11.2 Å². The number of benzene rings is 1. The van der Waals surface area contributed by atoms with Crippen molar-refractivity contribution < 1.29 is 4.79 Å². The van der Waals surface area contributed by atoms with Crippen LogP contribution < -0.4 is 5.32 Å². The molecule has 0 aliphatic carbocycles. The Hall–Kier alpha value is -1.57. The van der Waals surface area contributed by atoms with Crippen LogP contribution in [0, 0.1) is 0 Å². The van der Waals surface area contributed by atoms with Crippen LogP contribution in [-0.4, -0.2) is 5.78 Å². The molecule has 0 radical (unpaired) electrons. The van der Waals surface area contributed by atoms with Gasteiger partial charge in [0.15, 0.2) is 5.78 Å². The SMILES string of the molecule is CC(=O)C=C1Cc2ccccc2N1. The number of hydrogen-bond donors (Lipinski definition) is 1. The predicted octanol–water partition coefficient (Wildman–Crippen LogP) is 2.13. The van der Waals surface area contributed by atoms with Crippen molar-refractivity contribution in [2.75, 3.05) is 5.32 Å². The topological polar surface area (TPSA) is 29.1 Å². The molecule has 1 N–H and O–H groups in total. The van der Waals surface area contributed by atoms with Crippen molar-refractivity contribution in [3.8, 4) is 0 Å². The molecule has 0 amide bonds. The molecule has 0 atom stereocenters. The molecule has 2 nitrogen and oxygen atoms in total. The molecular formula is C11H11NO. The van der Waals surface area contributed by atoms with E-state index in [9.17, 15) is 4.79 Å². The minimum absolute atomic E-state index is 0.0929. The van der Waals surface area contributed by atoms with Crippen LogP contribution in [0.3, 0.4) is 0 Å². The van der Waals surface area contributed by atoms with Crippen LogP contribution >= 0.6 is 0 Å². The van der Waals surface area contributed by atoms with Crippen LogP contribution in [0.2, 0.25) is 0 Å². The fourth-order valence-corrected chi connectivity index (χ4v) is 1.55. The van der Waals surface area contributed by atoms with Gasteiger partial charge in [-0.1, -0.05) is 18.2 Å². The normalized spacial score (nSPS) is 16.8. The van der Waals surface area contributed by atoms with E-state index in [0.717, 1.165) is 17.8 Å². The van der Waals surface area contributed by atoms with Gasteiger partial charge < -0.3 is 5.32 Å². The van der Waals surface area contributed by atoms with Gasteiger partial charge in [0, 0.05) is 23.9 Å². The number of nitrogens with one attached hydrogen (secondary N) is 1. The summed E-state index contributed by atoms with van der Waals surface area (Å²) in [6, 6.07) is 8.10. The Labute approximate surface area is 77.3 Å². The summed E-state index contributed by atoms with van der Waals surface area (Å²) in [5, 5.41) is 3.21. The van der Waals surface area contributed by atoms with E-state index >= 15 is 0 Å². The van der Waals surface area contributed by atoms with E-state index in [1.54, 1.807) is 13.0 Å². The lowest BCUT2D eigenvalue weighted by Crippen LogP contribution is -1.95. The predicted molar refractivity (Wildman–Crippen MR) is 52.5 cm³/mol. The number of anilines is 1. The maximum Gasteiger partial charge on any atom is 0.154 e. The van der Waals surface area contributed by atoms with Crippen LogP contribution in [0.15, 0.2) is 36.0 Å². The van der Waals surface area contributed by atoms with E-state index in [2.05, 4.69) is 11.4 Å². The molecule has 1 aromatic rings. The highest BCUT2D eigenvalue weighted by molar-refractivity contribution is 5.89. The van der Waals surface area contributed by atoms with Gasteiger partial charge >= 0.3 is 0 Å². The first-order valence-electron chi connectivity index (χ1n) is 4.32. The third kappa shape index (κ3) is 1.61. The van der Waals surface area contributed by atoms with Crippen molar-refractivity contribution in [3.05, 3.63) is 41.6 Å². The Balaban J connectivity index is 2.28. The zero-order valence-corrected chi connectivity index (χ0v) is 7.50. The largest absolute Gasteiger partial charge is 0.358 e. The molecule has 1 aromatic carbocycles. The molecule has 1 aliphatic heterocycles. The molecule has 0 saturated heterocycles. The fraction of sp³-hybridized carbons (Fsp3) is 0.182. The van der Waals surface area contributed by atoms with Crippen molar-refractivity contribution in [1.82, 2.24) is 0 Å². The number of hydrogen-bond acceptors (Lipinski definition) is 2. The smallest absolute Gasteiger partial charge is 0.154 e. The van der Waals surface area contributed by atoms with E-state index in [1.165, 1.54) is 5.56 Å². The second-order valence-corrected chi connectivity index (χ2v) is 3.24. The number of allylic oxidation sites excluding steroid dienone is 2. The number of carbonyl (C=O) groups excluding carboxylic acids is 1. The molecule has 0 bridgehead atoms. The number of rotatable bonds is 1. The Kier molecular flexibility index (Phi) is 1.89. The summed E-state index contributed by atoms with van der Waals surface area (Å²) < 4.78 is 0. The molecule has 2 rings (SSSR count). The Morgan fingerprint density at radius 2 is 2.23 bits per heavy atom. The van der Waals surface area contributed by atoms with Crippen molar-refractivity contribution >= 4 is 11.5 Å². The Morgan fingerprint density at radius 1 is 1.46 bits per heavy atom. The zero-order chi connectivity index (χ0) is 9.26. The molecule has 0 fully saturated rings. The maximum atomic E-state index is 10.8. The molecule has 1 aliphatic rings. The summed E-state index contributed by atoms with van der Waals surface area (Å²) in [4.78, 5) is 10.8. The zero-order valence-electron chi connectivity index (χ0n) is 7.50. The lowest BCUT2D eigenvalue weighted by atomic mass is 10.1. The molecule has 0 aromatic heterocycles. The third-order valence-electron chi connectivity index (χ3n) is 2.07. The van der Waals surface area contributed by atoms with Crippen molar-refractivity contribution in [2.45, 2.75) is 13.3 Å². The molecular weight excluding hydrogens is 162 g/mol. The van der Waals surface area contributed by atoms with Gasteiger partial charge in [-0.3, -0.25) is 4.79 Å². The molecule has 0 saturated carbocycles. The van der Waals surface area contributed by atoms with E-state index in [-0.39, 0.29) is 5.78 Å². The van der Waals surface area contributed by atoms with Crippen LogP contribution in [0.4, 0.5) is 5.69 Å². The first kappa shape index (κ1) is 8.05. The van der Waals surface area contributed by atoms with E-state index in [4.69, 9.17) is 0 Å². The van der Waals surface area contributed by atoms with Gasteiger partial charge in [-0.15, -0.1) is 0 Å². The van der Waals surface area contributed by atoms with Gasteiger partial charge in [-0.2, -0.15) is 0 Å². The third-order valence-corrected chi connectivity index (χ3v) is 2.07. The second kappa shape index (κ2) is 3.05. The van der Waals surface area contributed by atoms with Crippen molar-refractivity contribution in [3.63, 3.8) is 0 Å². The molecule has 2 heteroatoms. The number of fused-ring (bicyclic) bond motifs is 1.